The van der Waals surface area contributed by atoms with E-state index in [0.717, 1.165) is 28.0 Å². The number of likely N-dealkylation sites (tertiary alicyclic amines) is 1. The highest BCUT2D eigenvalue weighted by Crippen LogP contribution is 2.46. The van der Waals surface area contributed by atoms with Crippen LogP contribution in [0.2, 0.25) is 0 Å². The number of nitrogens with zero attached hydrogens (tertiary/aromatic N) is 2. The van der Waals surface area contributed by atoms with E-state index < -0.39 is 21.0 Å². The summed E-state index contributed by atoms with van der Waals surface area (Å²) in [4.78, 5) is 6.33. The number of halogens is 1. The Morgan fingerprint density at radius 1 is 1.10 bits per heavy atom. The molecule has 0 radical (unpaired) electrons. The first-order valence-corrected chi connectivity index (χ1v) is 11.4. The second-order valence-electron chi connectivity index (χ2n) is 7.86. The fourth-order valence-corrected chi connectivity index (χ4v) is 6.80. The van der Waals surface area contributed by atoms with E-state index in [9.17, 15) is 12.8 Å². The van der Waals surface area contributed by atoms with Gasteiger partial charge in [-0.2, -0.15) is 4.39 Å². The molecular formula is C23H21FN2O3S. The molecule has 5 nitrogen and oxygen atoms in total. The Hall–Kier alpha value is -2.77. The summed E-state index contributed by atoms with van der Waals surface area (Å²) in [5, 5.41) is -0.431. The van der Waals surface area contributed by atoms with Gasteiger partial charge in [0.15, 0.2) is 9.84 Å². The summed E-state index contributed by atoms with van der Waals surface area (Å²) >= 11 is 0. The van der Waals surface area contributed by atoms with Crippen LogP contribution in [0.3, 0.4) is 0 Å². The van der Waals surface area contributed by atoms with E-state index in [1.54, 1.807) is 25.3 Å². The molecule has 154 valence electrons. The Kier molecular flexibility index (Phi) is 4.60. The van der Waals surface area contributed by atoms with Gasteiger partial charge in [0.1, 0.15) is 5.75 Å². The number of benzene rings is 2. The van der Waals surface area contributed by atoms with E-state index in [0.29, 0.717) is 24.5 Å². The third kappa shape index (κ3) is 3.18. The highest BCUT2D eigenvalue weighted by atomic mass is 32.2. The third-order valence-electron chi connectivity index (χ3n) is 6.06. The van der Waals surface area contributed by atoms with Crippen molar-refractivity contribution in [2.45, 2.75) is 22.6 Å². The van der Waals surface area contributed by atoms with Gasteiger partial charge in [-0.1, -0.05) is 18.2 Å². The molecule has 3 heterocycles. The van der Waals surface area contributed by atoms with Crippen LogP contribution in [0.25, 0.3) is 11.1 Å². The van der Waals surface area contributed by atoms with Gasteiger partial charge in [-0.15, -0.1) is 0 Å². The minimum atomic E-state index is -3.37. The Morgan fingerprint density at radius 3 is 2.70 bits per heavy atom. The molecule has 0 spiro atoms. The lowest BCUT2D eigenvalue weighted by Crippen LogP contribution is -2.25. The topological polar surface area (TPSA) is 59.5 Å². The van der Waals surface area contributed by atoms with E-state index in [4.69, 9.17) is 4.74 Å². The quantitative estimate of drug-likeness (QED) is 0.599. The van der Waals surface area contributed by atoms with Gasteiger partial charge in [0, 0.05) is 37.3 Å². The van der Waals surface area contributed by atoms with Gasteiger partial charge < -0.3 is 4.74 Å². The maximum atomic E-state index is 13.2. The summed E-state index contributed by atoms with van der Waals surface area (Å²) in [6.45, 7) is 1.86. The van der Waals surface area contributed by atoms with E-state index in [2.05, 4.69) is 9.88 Å². The van der Waals surface area contributed by atoms with Gasteiger partial charge in [0.2, 0.25) is 5.95 Å². The number of pyridine rings is 1. The van der Waals surface area contributed by atoms with Crippen molar-refractivity contribution in [3.05, 3.63) is 77.9 Å². The number of fused-ring (bicyclic) bond motifs is 3. The van der Waals surface area contributed by atoms with Gasteiger partial charge in [-0.05, 0) is 53.1 Å². The van der Waals surface area contributed by atoms with Crippen molar-refractivity contribution in [2.75, 3.05) is 20.2 Å². The second-order valence-corrected chi connectivity index (χ2v) is 9.99. The molecule has 0 aliphatic carbocycles. The summed E-state index contributed by atoms with van der Waals surface area (Å²) in [7, 11) is -1.73. The molecular weight excluding hydrogens is 403 g/mol. The van der Waals surface area contributed by atoms with Crippen molar-refractivity contribution in [3.8, 4) is 16.9 Å². The maximum absolute atomic E-state index is 13.2. The van der Waals surface area contributed by atoms with Gasteiger partial charge in [0.25, 0.3) is 0 Å². The number of ether oxygens (including phenoxy) is 1. The predicted molar refractivity (Wildman–Crippen MR) is 112 cm³/mol. The molecule has 2 aliphatic rings. The fourth-order valence-electron chi connectivity index (χ4n) is 4.61. The average Bonchev–Trinajstić information content (AvgIpc) is 3.26. The van der Waals surface area contributed by atoms with Crippen LogP contribution < -0.4 is 4.74 Å². The molecule has 3 aromatic rings. The van der Waals surface area contributed by atoms with Gasteiger partial charge in [-0.3, -0.25) is 4.90 Å². The zero-order chi connectivity index (χ0) is 20.9. The molecule has 2 aliphatic heterocycles. The molecule has 0 bridgehead atoms. The summed E-state index contributed by atoms with van der Waals surface area (Å²) in [6, 6.07) is 16.2. The van der Waals surface area contributed by atoms with Gasteiger partial charge in [-0.25, -0.2) is 13.4 Å². The lowest BCUT2D eigenvalue weighted by molar-refractivity contribution is 0.324. The van der Waals surface area contributed by atoms with Crippen LogP contribution >= 0.6 is 0 Å². The summed E-state index contributed by atoms with van der Waals surface area (Å²) in [5.41, 5.74) is 3.57. The Labute approximate surface area is 175 Å². The molecule has 1 aromatic heterocycles. The van der Waals surface area contributed by atoms with Gasteiger partial charge in [0.05, 0.1) is 17.3 Å². The Balaban J connectivity index is 1.45. The zero-order valence-electron chi connectivity index (χ0n) is 16.5. The number of hydrogen-bond donors (Lipinski definition) is 0. The predicted octanol–water partition coefficient (Wildman–Crippen LogP) is 3.65. The maximum Gasteiger partial charge on any atom is 0.212 e. The van der Waals surface area contributed by atoms with E-state index in [1.165, 1.54) is 12.3 Å². The molecule has 0 amide bonds. The Bertz CT molecular complexity index is 1210. The number of aromatic nitrogens is 1. The highest BCUT2D eigenvalue weighted by Gasteiger charge is 2.50. The molecule has 30 heavy (non-hydrogen) atoms. The lowest BCUT2D eigenvalue weighted by Gasteiger charge is -2.18. The molecule has 5 rings (SSSR count). The van der Waals surface area contributed by atoms with Crippen LogP contribution in [0.5, 0.6) is 5.75 Å². The first-order chi connectivity index (χ1) is 14.5. The molecule has 2 unspecified atom stereocenters. The molecule has 2 aromatic carbocycles. The molecule has 1 fully saturated rings. The number of rotatable bonds is 4. The van der Waals surface area contributed by atoms with E-state index in [-0.39, 0.29) is 5.92 Å². The summed E-state index contributed by atoms with van der Waals surface area (Å²) in [5.74, 6) is 0.193. The zero-order valence-corrected chi connectivity index (χ0v) is 17.3. The third-order valence-corrected chi connectivity index (χ3v) is 8.32. The second kappa shape index (κ2) is 7.18. The summed E-state index contributed by atoms with van der Waals surface area (Å²) in [6.07, 6.45) is 1.47. The smallest absolute Gasteiger partial charge is 0.212 e. The molecule has 7 heteroatoms. The number of methoxy groups -OCH3 is 1. The Morgan fingerprint density at radius 2 is 1.93 bits per heavy atom. The van der Waals surface area contributed by atoms with Crippen molar-refractivity contribution in [2.24, 2.45) is 0 Å². The van der Waals surface area contributed by atoms with Crippen LogP contribution in [0.1, 0.15) is 17.0 Å². The van der Waals surface area contributed by atoms with Crippen LogP contribution in [-0.4, -0.2) is 43.8 Å². The van der Waals surface area contributed by atoms with Crippen LogP contribution in [-0.2, 0) is 16.4 Å². The fraction of sp³-hybridized carbons (Fsp3) is 0.261. The first-order valence-electron chi connectivity index (χ1n) is 9.81. The lowest BCUT2D eigenvalue weighted by atomic mass is 9.95. The first kappa shape index (κ1) is 19.2. The van der Waals surface area contributed by atoms with Crippen LogP contribution in [0.15, 0.2) is 65.7 Å². The summed E-state index contributed by atoms with van der Waals surface area (Å²) < 4.78 is 44.8. The average molecular weight is 424 g/mol. The minimum absolute atomic E-state index is 0.0658. The number of hydrogen-bond acceptors (Lipinski definition) is 5. The van der Waals surface area contributed by atoms with Crippen LogP contribution in [0.4, 0.5) is 4.39 Å². The van der Waals surface area contributed by atoms with E-state index >= 15 is 0 Å². The standard InChI is InChI=1S/C23H21FN2O3S/c1-29-18-4-2-3-15(9-18)12-26-13-20-19-10-16(17-6-8-23(24)25-11-17)5-7-21(19)30(27,28)22(20)14-26/h2-11,20,22H,12-14H2,1H3. The normalized spacial score (nSPS) is 21.9. The molecule has 0 N–H and O–H groups in total. The monoisotopic (exact) mass is 424 g/mol. The minimum Gasteiger partial charge on any atom is -0.497 e. The largest absolute Gasteiger partial charge is 0.497 e. The highest BCUT2D eigenvalue weighted by molar-refractivity contribution is 7.92. The molecule has 2 atom stereocenters. The van der Waals surface area contributed by atoms with Gasteiger partial charge >= 0.3 is 0 Å². The van der Waals surface area contributed by atoms with Crippen molar-refractivity contribution >= 4 is 9.84 Å². The van der Waals surface area contributed by atoms with Crippen LogP contribution in [0, 0.1) is 5.95 Å². The van der Waals surface area contributed by atoms with Crippen molar-refractivity contribution in [1.82, 2.24) is 9.88 Å². The van der Waals surface area contributed by atoms with Crippen molar-refractivity contribution in [3.63, 3.8) is 0 Å². The van der Waals surface area contributed by atoms with E-state index in [1.807, 2.05) is 30.3 Å². The molecule has 1 saturated heterocycles. The number of sulfone groups is 1. The van der Waals surface area contributed by atoms with Crippen molar-refractivity contribution < 1.29 is 17.5 Å². The SMILES string of the molecule is COc1cccc(CN2CC3c4cc(-c5ccc(F)nc5)ccc4S(=O)(=O)C3C2)c1. The molecule has 0 saturated carbocycles. The van der Waals surface area contributed by atoms with Crippen molar-refractivity contribution in [1.29, 1.82) is 0 Å².